The zero-order chi connectivity index (χ0) is 22.0. The van der Waals surface area contributed by atoms with Crippen molar-refractivity contribution in [2.24, 2.45) is 5.73 Å². The summed E-state index contributed by atoms with van der Waals surface area (Å²) in [5.74, 6) is -1.14. The number of nitrogens with two attached hydrogens (primary N) is 1. The molecule has 1 aliphatic rings. The normalized spacial score (nSPS) is 16.5. The summed E-state index contributed by atoms with van der Waals surface area (Å²) in [5.41, 5.74) is 8.62. The van der Waals surface area contributed by atoms with E-state index in [-0.39, 0.29) is 23.6 Å². The molecule has 0 bridgehead atoms. The molecular formula is C22H18Cl3N3O2. The maximum absolute atomic E-state index is 13.0. The van der Waals surface area contributed by atoms with Gasteiger partial charge in [-0.15, -0.1) is 0 Å². The Labute approximate surface area is 189 Å². The van der Waals surface area contributed by atoms with E-state index in [4.69, 9.17) is 45.3 Å². The van der Waals surface area contributed by atoms with Crippen molar-refractivity contribution in [3.63, 3.8) is 0 Å². The molecule has 0 amide bonds. The lowest BCUT2D eigenvalue weighted by Gasteiger charge is -2.36. The zero-order valence-electron chi connectivity index (χ0n) is 16.2. The Morgan fingerprint density at radius 3 is 2.37 bits per heavy atom. The molecule has 2 aromatic carbocycles. The molecule has 0 fully saturated rings. The predicted octanol–water partition coefficient (Wildman–Crippen LogP) is 5.78. The first-order chi connectivity index (χ1) is 14.3. The topological polar surface area (TPSA) is 79.3 Å². The highest BCUT2D eigenvalue weighted by Crippen LogP contribution is 2.45. The van der Waals surface area contributed by atoms with Crippen LogP contribution in [-0.4, -0.2) is 12.6 Å². The van der Waals surface area contributed by atoms with Crippen LogP contribution >= 0.6 is 34.8 Å². The molecule has 1 atom stereocenters. The van der Waals surface area contributed by atoms with Gasteiger partial charge in [0.2, 0.25) is 0 Å². The van der Waals surface area contributed by atoms with Gasteiger partial charge in [-0.25, -0.2) is 4.79 Å². The van der Waals surface area contributed by atoms with E-state index in [1.54, 1.807) is 61.2 Å². The summed E-state index contributed by atoms with van der Waals surface area (Å²) < 4.78 is 5.31. The number of anilines is 1. The quantitative estimate of drug-likeness (QED) is 0.582. The number of hydrogen-bond acceptors (Lipinski definition) is 5. The summed E-state index contributed by atoms with van der Waals surface area (Å²) in [4.78, 5) is 14.6. The van der Waals surface area contributed by atoms with Crippen molar-refractivity contribution in [3.05, 3.63) is 85.8 Å². The van der Waals surface area contributed by atoms with Crippen LogP contribution in [0.4, 0.5) is 5.69 Å². The van der Waals surface area contributed by atoms with E-state index in [2.05, 4.69) is 6.07 Å². The van der Waals surface area contributed by atoms with Crippen LogP contribution in [0.15, 0.2) is 65.1 Å². The molecule has 0 saturated heterocycles. The Kier molecular flexibility index (Phi) is 6.62. The van der Waals surface area contributed by atoms with Crippen LogP contribution in [0.2, 0.25) is 15.1 Å². The van der Waals surface area contributed by atoms with Crippen LogP contribution in [0.1, 0.15) is 25.3 Å². The minimum Gasteiger partial charge on any atom is -0.463 e. The molecule has 3 rings (SSSR count). The van der Waals surface area contributed by atoms with E-state index in [0.29, 0.717) is 32.0 Å². The van der Waals surface area contributed by atoms with Crippen molar-refractivity contribution in [3.8, 4) is 6.07 Å². The van der Waals surface area contributed by atoms with Crippen molar-refractivity contribution < 1.29 is 9.53 Å². The summed E-state index contributed by atoms with van der Waals surface area (Å²) in [6.07, 6.45) is 0. The smallest absolute Gasteiger partial charge is 0.336 e. The summed E-state index contributed by atoms with van der Waals surface area (Å²) in [6.45, 7) is 3.64. The number of hydrogen-bond donors (Lipinski definition) is 1. The highest BCUT2D eigenvalue weighted by molar-refractivity contribution is 6.35. The lowest BCUT2D eigenvalue weighted by Crippen LogP contribution is -2.36. The maximum atomic E-state index is 13.0. The van der Waals surface area contributed by atoms with Crippen molar-refractivity contribution in [2.45, 2.75) is 19.8 Å². The molecule has 1 heterocycles. The van der Waals surface area contributed by atoms with E-state index in [0.717, 1.165) is 0 Å². The molecule has 1 aliphatic heterocycles. The van der Waals surface area contributed by atoms with Crippen LogP contribution < -0.4 is 10.6 Å². The summed E-state index contributed by atoms with van der Waals surface area (Å²) in [7, 11) is 0. The van der Waals surface area contributed by atoms with E-state index >= 15 is 0 Å². The summed E-state index contributed by atoms with van der Waals surface area (Å²) in [6, 6.07) is 14.0. The third-order valence-corrected chi connectivity index (χ3v) is 5.61. The second kappa shape index (κ2) is 9.01. The zero-order valence-corrected chi connectivity index (χ0v) is 18.5. The fraction of sp³-hybridized carbons (Fsp3) is 0.182. The minimum absolute atomic E-state index is 0.179. The van der Waals surface area contributed by atoms with E-state index < -0.39 is 11.9 Å². The number of halogens is 3. The third kappa shape index (κ3) is 3.99. The van der Waals surface area contributed by atoms with Crippen LogP contribution in [0.3, 0.4) is 0 Å². The van der Waals surface area contributed by atoms with Gasteiger partial charge in [0.15, 0.2) is 0 Å². The van der Waals surface area contributed by atoms with Crippen LogP contribution in [-0.2, 0) is 9.53 Å². The van der Waals surface area contributed by atoms with Gasteiger partial charge in [-0.05, 0) is 55.8 Å². The Morgan fingerprint density at radius 1 is 1.17 bits per heavy atom. The number of allylic oxidation sites excluding steroid dienone is 2. The molecule has 0 spiro atoms. The van der Waals surface area contributed by atoms with Gasteiger partial charge < -0.3 is 10.5 Å². The first kappa shape index (κ1) is 22.0. The number of nitriles is 1. The monoisotopic (exact) mass is 461 g/mol. The lowest BCUT2D eigenvalue weighted by molar-refractivity contribution is -0.138. The number of benzene rings is 2. The summed E-state index contributed by atoms with van der Waals surface area (Å²) in [5, 5.41) is 11.3. The molecule has 2 aromatic rings. The fourth-order valence-electron chi connectivity index (χ4n) is 3.49. The van der Waals surface area contributed by atoms with Gasteiger partial charge in [0.05, 0.1) is 29.7 Å². The first-order valence-electron chi connectivity index (χ1n) is 9.08. The van der Waals surface area contributed by atoms with Crippen LogP contribution in [0.5, 0.6) is 0 Å². The van der Waals surface area contributed by atoms with Gasteiger partial charge in [-0.3, -0.25) is 4.90 Å². The second-order valence-corrected chi connectivity index (χ2v) is 7.82. The Bertz CT molecular complexity index is 1100. The highest BCUT2D eigenvalue weighted by Gasteiger charge is 2.39. The van der Waals surface area contributed by atoms with Crippen LogP contribution in [0.25, 0.3) is 0 Å². The van der Waals surface area contributed by atoms with E-state index in [9.17, 15) is 10.1 Å². The van der Waals surface area contributed by atoms with Gasteiger partial charge in [-0.1, -0.05) is 40.9 Å². The number of ether oxygens (including phenoxy) is 1. The minimum atomic E-state index is -0.789. The van der Waals surface area contributed by atoms with Gasteiger partial charge in [0, 0.05) is 26.5 Å². The molecule has 1 unspecified atom stereocenters. The molecule has 154 valence electrons. The van der Waals surface area contributed by atoms with E-state index in [1.807, 2.05) is 0 Å². The third-order valence-electron chi connectivity index (χ3n) is 4.79. The standard InChI is InChI=1S/C22H18Cl3N3O2/c1-3-30-22(29)19-12(2)28(15-7-4-13(23)5-8-15)21(27)17(11-26)20(19)16-9-6-14(24)10-18(16)25/h4-10,20H,3,27H2,1-2H3. The highest BCUT2D eigenvalue weighted by atomic mass is 35.5. The maximum Gasteiger partial charge on any atom is 0.336 e. The molecule has 0 saturated carbocycles. The molecule has 0 radical (unpaired) electrons. The fourth-order valence-corrected chi connectivity index (χ4v) is 4.13. The molecule has 30 heavy (non-hydrogen) atoms. The Balaban J connectivity index is 2.29. The molecule has 0 aliphatic carbocycles. The number of carbonyl (C=O) groups is 1. The number of carbonyl (C=O) groups excluding carboxylic acids is 1. The van der Waals surface area contributed by atoms with Gasteiger partial charge >= 0.3 is 5.97 Å². The van der Waals surface area contributed by atoms with Crippen molar-refractivity contribution in [1.29, 1.82) is 5.26 Å². The van der Waals surface area contributed by atoms with Crippen LogP contribution in [0, 0.1) is 11.3 Å². The molecule has 0 aromatic heterocycles. The first-order valence-corrected chi connectivity index (χ1v) is 10.2. The summed E-state index contributed by atoms with van der Waals surface area (Å²) >= 11 is 18.5. The van der Waals surface area contributed by atoms with E-state index in [1.165, 1.54) is 0 Å². The number of rotatable bonds is 4. The van der Waals surface area contributed by atoms with Gasteiger partial charge in [0.25, 0.3) is 0 Å². The van der Waals surface area contributed by atoms with Gasteiger partial charge in [0.1, 0.15) is 5.82 Å². The predicted molar refractivity (Wildman–Crippen MR) is 119 cm³/mol. The van der Waals surface area contributed by atoms with Crippen molar-refractivity contribution >= 4 is 46.5 Å². The largest absolute Gasteiger partial charge is 0.463 e. The molecule has 2 N–H and O–H groups in total. The molecule has 8 heteroatoms. The second-order valence-electron chi connectivity index (χ2n) is 6.54. The lowest BCUT2D eigenvalue weighted by atomic mass is 9.81. The average molecular weight is 463 g/mol. The number of nitrogens with zero attached hydrogens (tertiary/aromatic N) is 2. The van der Waals surface area contributed by atoms with Crippen molar-refractivity contribution in [1.82, 2.24) is 0 Å². The Morgan fingerprint density at radius 2 is 1.80 bits per heavy atom. The SMILES string of the molecule is CCOC(=O)C1=C(C)N(c2ccc(Cl)cc2)C(N)=C(C#N)C1c1ccc(Cl)cc1Cl. The van der Waals surface area contributed by atoms with Crippen molar-refractivity contribution in [2.75, 3.05) is 11.5 Å². The molecular weight excluding hydrogens is 445 g/mol. The molecule has 5 nitrogen and oxygen atoms in total. The van der Waals surface area contributed by atoms with Gasteiger partial charge in [-0.2, -0.15) is 5.26 Å². The average Bonchev–Trinajstić information content (AvgIpc) is 2.69. The number of esters is 1. The Hall–Kier alpha value is -2.65.